The van der Waals surface area contributed by atoms with Crippen LogP contribution in [-0.4, -0.2) is 23.2 Å². The van der Waals surface area contributed by atoms with Crippen LogP contribution in [0.25, 0.3) is 0 Å². The Kier molecular flexibility index (Phi) is 3.61. The Hall–Kier alpha value is -1.03. The molecule has 1 heterocycles. The first-order chi connectivity index (χ1) is 7.34. The quantitative estimate of drug-likeness (QED) is 0.771. The molecule has 1 aliphatic carbocycles. The number of hydrogen-bond donors (Lipinski definition) is 1. The fourth-order valence-corrected chi connectivity index (χ4v) is 1.89. The van der Waals surface area contributed by atoms with Crippen molar-refractivity contribution >= 4 is 17.7 Å². The normalized spacial score (nSPS) is 14.9. The Balaban J connectivity index is 1.66. The van der Waals surface area contributed by atoms with Gasteiger partial charge in [-0.3, -0.25) is 4.79 Å². The van der Waals surface area contributed by atoms with Gasteiger partial charge in [-0.25, -0.2) is 4.98 Å². The van der Waals surface area contributed by atoms with Crippen LogP contribution in [0.3, 0.4) is 0 Å². The molecule has 1 fully saturated rings. The molecule has 15 heavy (non-hydrogen) atoms. The number of amides is 1. The van der Waals surface area contributed by atoms with Gasteiger partial charge in [-0.15, -0.1) is 0 Å². The molecule has 1 aromatic heterocycles. The zero-order valence-electron chi connectivity index (χ0n) is 8.48. The van der Waals surface area contributed by atoms with E-state index in [4.69, 9.17) is 0 Å². The SMILES string of the molecule is O=C(CSc1ccccn1)NCC1CC1. The molecule has 1 aromatic rings. The molecular formula is C11H14N2OS. The summed E-state index contributed by atoms with van der Waals surface area (Å²) < 4.78 is 0. The minimum absolute atomic E-state index is 0.109. The highest BCUT2D eigenvalue weighted by Gasteiger charge is 2.21. The standard InChI is InChI=1S/C11H14N2OS/c14-10(13-7-9-4-5-9)8-15-11-3-1-2-6-12-11/h1-3,6,9H,4-5,7-8H2,(H,13,14). The highest BCUT2D eigenvalue weighted by atomic mass is 32.2. The molecule has 1 N–H and O–H groups in total. The summed E-state index contributed by atoms with van der Waals surface area (Å²) in [7, 11) is 0. The maximum Gasteiger partial charge on any atom is 0.230 e. The number of thioether (sulfide) groups is 1. The van der Waals surface area contributed by atoms with Crippen LogP contribution in [0.1, 0.15) is 12.8 Å². The summed E-state index contributed by atoms with van der Waals surface area (Å²) in [6, 6.07) is 5.72. The summed E-state index contributed by atoms with van der Waals surface area (Å²) in [6.07, 6.45) is 4.28. The van der Waals surface area contributed by atoms with E-state index < -0.39 is 0 Å². The van der Waals surface area contributed by atoms with Crippen molar-refractivity contribution in [2.45, 2.75) is 17.9 Å². The zero-order valence-corrected chi connectivity index (χ0v) is 9.30. The topological polar surface area (TPSA) is 42.0 Å². The summed E-state index contributed by atoms with van der Waals surface area (Å²) in [5, 5.41) is 3.83. The van der Waals surface area contributed by atoms with Crippen LogP contribution < -0.4 is 5.32 Å². The van der Waals surface area contributed by atoms with E-state index in [9.17, 15) is 4.79 Å². The Morgan fingerprint density at radius 1 is 1.53 bits per heavy atom. The first-order valence-corrected chi connectivity index (χ1v) is 6.13. The number of carbonyl (C=O) groups excluding carboxylic acids is 1. The van der Waals surface area contributed by atoms with Crippen molar-refractivity contribution < 1.29 is 4.79 Å². The molecule has 0 unspecified atom stereocenters. The van der Waals surface area contributed by atoms with E-state index >= 15 is 0 Å². The predicted octanol–water partition coefficient (Wildman–Crippen LogP) is 1.70. The molecule has 4 heteroatoms. The van der Waals surface area contributed by atoms with E-state index in [1.165, 1.54) is 24.6 Å². The lowest BCUT2D eigenvalue weighted by Gasteiger charge is -2.02. The van der Waals surface area contributed by atoms with Gasteiger partial charge < -0.3 is 5.32 Å². The van der Waals surface area contributed by atoms with Gasteiger partial charge in [-0.2, -0.15) is 0 Å². The van der Waals surface area contributed by atoms with Gasteiger partial charge in [0.1, 0.15) is 0 Å². The van der Waals surface area contributed by atoms with Crippen molar-refractivity contribution in [2.24, 2.45) is 5.92 Å². The molecular weight excluding hydrogens is 208 g/mol. The van der Waals surface area contributed by atoms with Crippen molar-refractivity contribution in [3.05, 3.63) is 24.4 Å². The molecule has 1 aliphatic rings. The summed E-state index contributed by atoms with van der Waals surface area (Å²) in [5.41, 5.74) is 0. The van der Waals surface area contributed by atoms with E-state index in [1.54, 1.807) is 6.20 Å². The van der Waals surface area contributed by atoms with Crippen LogP contribution in [0.2, 0.25) is 0 Å². The van der Waals surface area contributed by atoms with Gasteiger partial charge in [-0.1, -0.05) is 17.8 Å². The number of carbonyl (C=O) groups is 1. The number of rotatable bonds is 5. The van der Waals surface area contributed by atoms with Gasteiger partial charge in [-0.05, 0) is 30.9 Å². The van der Waals surface area contributed by atoms with Crippen LogP contribution in [0, 0.1) is 5.92 Å². The summed E-state index contributed by atoms with van der Waals surface area (Å²) in [4.78, 5) is 15.5. The Bertz CT molecular complexity index is 325. The van der Waals surface area contributed by atoms with Gasteiger partial charge in [0.15, 0.2) is 0 Å². The van der Waals surface area contributed by atoms with E-state index in [0.29, 0.717) is 5.75 Å². The molecule has 0 atom stereocenters. The smallest absolute Gasteiger partial charge is 0.230 e. The summed E-state index contributed by atoms with van der Waals surface area (Å²) in [6.45, 7) is 0.849. The molecule has 1 amide bonds. The fraction of sp³-hybridized carbons (Fsp3) is 0.455. The van der Waals surface area contributed by atoms with Crippen molar-refractivity contribution in [1.29, 1.82) is 0 Å². The Labute approximate surface area is 93.7 Å². The summed E-state index contributed by atoms with van der Waals surface area (Å²) in [5.74, 6) is 1.32. The number of nitrogens with one attached hydrogen (secondary N) is 1. The van der Waals surface area contributed by atoms with Crippen molar-refractivity contribution in [3.8, 4) is 0 Å². The minimum Gasteiger partial charge on any atom is -0.355 e. The first kappa shape index (κ1) is 10.5. The Morgan fingerprint density at radius 3 is 3.07 bits per heavy atom. The van der Waals surface area contributed by atoms with Crippen LogP contribution in [0.5, 0.6) is 0 Å². The molecule has 2 rings (SSSR count). The fourth-order valence-electron chi connectivity index (χ4n) is 1.20. The van der Waals surface area contributed by atoms with Crippen LogP contribution >= 0.6 is 11.8 Å². The lowest BCUT2D eigenvalue weighted by molar-refractivity contribution is -0.118. The van der Waals surface area contributed by atoms with E-state index in [-0.39, 0.29) is 5.91 Å². The number of nitrogens with zero attached hydrogens (tertiary/aromatic N) is 1. The van der Waals surface area contributed by atoms with Crippen molar-refractivity contribution in [1.82, 2.24) is 10.3 Å². The minimum atomic E-state index is 0.109. The van der Waals surface area contributed by atoms with Gasteiger partial charge in [0, 0.05) is 12.7 Å². The molecule has 0 aliphatic heterocycles. The van der Waals surface area contributed by atoms with E-state index in [2.05, 4.69) is 10.3 Å². The largest absolute Gasteiger partial charge is 0.355 e. The van der Waals surface area contributed by atoms with Crippen LogP contribution in [0.15, 0.2) is 29.4 Å². The molecule has 1 saturated carbocycles. The van der Waals surface area contributed by atoms with Gasteiger partial charge in [0.2, 0.25) is 5.91 Å². The molecule has 0 radical (unpaired) electrons. The summed E-state index contributed by atoms with van der Waals surface area (Å²) >= 11 is 1.48. The highest BCUT2D eigenvalue weighted by Crippen LogP contribution is 2.27. The second-order valence-electron chi connectivity index (χ2n) is 3.70. The van der Waals surface area contributed by atoms with Crippen LogP contribution in [-0.2, 0) is 4.79 Å². The molecule has 0 bridgehead atoms. The number of pyridine rings is 1. The molecule has 3 nitrogen and oxygen atoms in total. The second-order valence-corrected chi connectivity index (χ2v) is 4.70. The van der Waals surface area contributed by atoms with E-state index in [0.717, 1.165) is 17.5 Å². The van der Waals surface area contributed by atoms with E-state index in [1.807, 2.05) is 18.2 Å². The highest BCUT2D eigenvalue weighted by molar-refractivity contribution is 7.99. The first-order valence-electron chi connectivity index (χ1n) is 5.15. The predicted molar refractivity (Wildman–Crippen MR) is 60.7 cm³/mol. The third-order valence-electron chi connectivity index (χ3n) is 2.27. The molecule has 0 saturated heterocycles. The van der Waals surface area contributed by atoms with Crippen molar-refractivity contribution in [2.75, 3.05) is 12.3 Å². The number of hydrogen-bond acceptors (Lipinski definition) is 3. The lowest BCUT2D eigenvalue weighted by Crippen LogP contribution is -2.27. The van der Waals surface area contributed by atoms with Gasteiger partial charge in [0.05, 0.1) is 10.8 Å². The second kappa shape index (κ2) is 5.16. The maximum absolute atomic E-state index is 11.4. The lowest BCUT2D eigenvalue weighted by atomic mass is 10.4. The third kappa shape index (κ3) is 3.91. The molecule has 0 spiro atoms. The third-order valence-corrected chi connectivity index (χ3v) is 3.22. The average molecular weight is 222 g/mol. The number of aromatic nitrogens is 1. The van der Waals surface area contributed by atoms with Gasteiger partial charge >= 0.3 is 0 Å². The maximum atomic E-state index is 11.4. The molecule has 0 aromatic carbocycles. The Morgan fingerprint density at radius 2 is 2.40 bits per heavy atom. The van der Waals surface area contributed by atoms with Crippen LogP contribution in [0.4, 0.5) is 0 Å². The molecule has 80 valence electrons. The zero-order chi connectivity index (χ0) is 10.5. The monoisotopic (exact) mass is 222 g/mol. The average Bonchev–Trinajstić information content (AvgIpc) is 3.09. The van der Waals surface area contributed by atoms with Gasteiger partial charge in [0.25, 0.3) is 0 Å². The van der Waals surface area contributed by atoms with Crippen molar-refractivity contribution in [3.63, 3.8) is 0 Å².